The summed E-state index contributed by atoms with van der Waals surface area (Å²) in [7, 11) is 0. The van der Waals surface area contributed by atoms with Crippen molar-refractivity contribution in [2.75, 3.05) is 11.9 Å². The van der Waals surface area contributed by atoms with Gasteiger partial charge >= 0.3 is 0 Å². The predicted octanol–water partition coefficient (Wildman–Crippen LogP) is 1.94. The van der Waals surface area contributed by atoms with Crippen molar-refractivity contribution < 1.29 is 9.59 Å². The third-order valence-electron chi connectivity index (χ3n) is 3.55. The summed E-state index contributed by atoms with van der Waals surface area (Å²) >= 11 is 0. The smallest absolute Gasteiger partial charge is 0.252 e. The minimum atomic E-state index is -0.199. The second-order valence-corrected chi connectivity index (χ2v) is 4.92. The minimum Gasteiger partial charge on any atom is -0.352 e. The Labute approximate surface area is 122 Å². The van der Waals surface area contributed by atoms with E-state index in [0.29, 0.717) is 18.5 Å². The first kappa shape index (κ1) is 13.3. The highest BCUT2D eigenvalue weighted by atomic mass is 16.2. The molecule has 1 aliphatic heterocycles. The summed E-state index contributed by atoms with van der Waals surface area (Å²) in [6.45, 7) is 0.445. The maximum atomic E-state index is 11.9. The van der Waals surface area contributed by atoms with Crippen LogP contribution in [0, 0.1) is 0 Å². The van der Waals surface area contributed by atoms with Crippen molar-refractivity contribution in [2.24, 2.45) is 0 Å². The number of carbonyl (C=O) groups is 2. The average Bonchev–Trinajstić information content (AvgIpc) is 2.84. The number of aromatic nitrogens is 1. The highest BCUT2D eigenvalue weighted by Gasteiger charge is 2.29. The molecule has 0 bridgehead atoms. The molecule has 5 heteroatoms. The molecule has 1 aromatic carbocycles. The molecule has 1 unspecified atom stereocenters. The number of hydrogen-bond donors (Lipinski definition) is 2. The molecule has 3 rings (SSSR count). The van der Waals surface area contributed by atoms with Gasteiger partial charge in [-0.1, -0.05) is 18.2 Å². The number of anilines is 1. The van der Waals surface area contributed by atoms with Gasteiger partial charge in [0.25, 0.3) is 5.91 Å². The van der Waals surface area contributed by atoms with E-state index in [4.69, 9.17) is 0 Å². The van der Waals surface area contributed by atoms with Crippen LogP contribution < -0.4 is 10.6 Å². The van der Waals surface area contributed by atoms with Crippen LogP contribution in [0.4, 0.5) is 5.69 Å². The molecule has 0 fully saturated rings. The molecular weight excluding hydrogens is 266 g/mol. The number of nitrogens with one attached hydrogen (secondary N) is 2. The Morgan fingerprint density at radius 1 is 1.24 bits per heavy atom. The lowest BCUT2D eigenvalue weighted by molar-refractivity contribution is -0.117. The van der Waals surface area contributed by atoms with Crippen molar-refractivity contribution >= 4 is 17.5 Å². The molecule has 0 spiro atoms. The van der Waals surface area contributed by atoms with E-state index in [0.717, 1.165) is 11.3 Å². The average molecular weight is 281 g/mol. The molecule has 0 aliphatic carbocycles. The van der Waals surface area contributed by atoms with Crippen molar-refractivity contribution in [3.63, 3.8) is 0 Å². The molecule has 2 heterocycles. The number of amides is 2. The van der Waals surface area contributed by atoms with Crippen LogP contribution in [-0.4, -0.2) is 23.3 Å². The largest absolute Gasteiger partial charge is 0.352 e. The van der Waals surface area contributed by atoms with Crippen molar-refractivity contribution in [1.29, 1.82) is 0 Å². The van der Waals surface area contributed by atoms with E-state index >= 15 is 0 Å². The van der Waals surface area contributed by atoms with Gasteiger partial charge in [0.2, 0.25) is 5.91 Å². The lowest BCUT2D eigenvalue weighted by Gasteiger charge is -2.09. The zero-order valence-corrected chi connectivity index (χ0v) is 11.4. The van der Waals surface area contributed by atoms with Gasteiger partial charge in [0, 0.05) is 24.6 Å². The first-order chi connectivity index (χ1) is 10.3. The Hall–Kier alpha value is -2.69. The number of rotatable bonds is 4. The van der Waals surface area contributed by atoms with Crippen molar-refractivity contribution in [3.8, 4) is 0 Å². The zero-order valence-electron chi connectivity index (χ0n) is 11.4. The monoisotopic (exact) mass is 281 g/mol. The Bertz CT molecular complexity index is 670. The lowest BCUT2D eigenvalue weighted by Crippen LogP contribution is -2.27. The van der Waals surface area contributed by atoms with E-state index in [9.17, 15) is 9.59 Å². The van der Waals surface area contributed by atoms with Crippen LogP contribution in [0.3, 0.4) is 0 Å². The van der Waals surface area contributed by atoms with Gasteiger partial charge < -0.3 is 10.6 Å². The number of benzene rings is 1. The van der Waals surface area contributed by atoms with Gasteiger partial charge in [0.15, 0.2) is 0 Å². The summed E-state index contributed by atoms with van der Waals surface area (Å²) in [5, 5.41) is 5.67. The van der Waals surface area contributed by atoms with Crippen LogP contribution in [-0.2, 0) is 4.79 Å². The van der Waals surface area contributed by atoms with Gasteiger partial charge in [0.05, 0.1) is 11.5 Å². The molecule has 0 radical (unpaired) electrons. The second-order valence-electron chi connectivity index (χ2n) is 4.92. The van der Waals surface area contributed by atoms with Crippen LogP contribution >= 0.6 is 0 Å². The maximum Gasteiger partial charge on any atom is 0.252 e. The fourth-order valence-corrected chi connectivity index (χ4v) is 2.49. The summed E-state index contributed by atoms with van der Waals surface area (Å²) in [5.41, 5.74) is 2.39. The van der Waals surface area contributed by atoms with Gasteiger partial charge in [-0.15, -0.1) is 0 Å². The molecule has 21 heavy (non-hydrogen) atoms. The number of para-hydroxylation sites is 1. The Morgan fingerprint density at radius 3 is 2.90 bits per heavy atom. The predicted molar refractivity (Wildman–Crippen MR) is 79.0 cm³/mol. The normalized spacial score (nSPS) is 16.2. The molecule has 1 atom stereocenters. The zero-order chi connectivity index (χ0) is 14.7. The number of fused-ring (bicyclic) bond motifs is 1. The molecule has 106 valence electrons. The first-order valence-electron chi connectivity index (χ1n) is 6.84. The second kappa shape index (κ2) is 5.75. The van der Waals surface area contributed by atoms with Gasteiger partial charge in [-0.05, 0) is 30.2 Å². The van der Waals surface area contributed by atoms with Crippen molar-refractivity contribution in [2.45, 2.75) is 12.3 Å². The fourth-order valence-electron chi connectivity index (χ4n) is 2.49. The van der Waals surface area contributed by atoms with Crippen molar-refractivity contribution in [3.05, 3.63) is 59.9 Å². The topological polar surface area (TPSA) is 71.1 Å². The van der Waals surface area contributed by atoms with Gasteiger partial charge in [-0.3, -0.25) is 14.6 Å². The molecule has 1 aromatic heterocycles. The summed E-state index contributed by atoms with van der Waals surface area (Å²) in [6.07, 6.45) is 3.72. The Kier molecular flexibility index (Phi) is 3.64. The quantitative estimate of drug-likeness (QED) is 0.899. The molecule has 5 nitrogen and oxygen atoms in total. The Morgan fingerprint density at radius 2 is 2.10 bits per heavy atom. The molecule has 2 N–H and O–H groups in total. The third-order valence-corrected chi connectivity index (χ3v) is 3.55. The van der Waals surface area contributed by atoms with E-state index < -0.39 is 0 Å². The van der Waals surface area contributed by atoms with Crippen molar-refractivity contribution in [1.82, 2.24) is 10.3 Å². The lowest BCUT2D eigenvalue weighted by atomic mass is 9.97. The van der Waals surface area contributed by atoms with E-state index in [1.165, 1.54) is 6.20 Å². The minimum absolute atomic E-state index is 0.00757. The standard InChI is InChI=1S/C16H15N3O2/c20-15(11-4-3-8-17-10-11)18-9-7-13-12-5-1-2-6-14(12)19-16(13)21/h1-6,8,10,13H,7,9H2,(H,18,20)(H,19,21). The summed E-state index contributed by atoms with van der Waals surface area (Å²) in [4.78, 5) is 27.7. The number of pyridine rings is 1. The van der Waals surface area contributed by atoms with Crippen LogP contribution in [0.1, 0.15) is 28.3 Å². The SMILES string of the molecule is O=C(NCCC1C(=O)Nc2ccccc21)c1cccnc1. The van der Waals surface area contributed by atoms with Crippen LogP contribution in [0.2, 0.25) is 0 Å². The molecule has 1 aliphatic rings. The van der Waals surface area contributed by atoms with E-state index in [2.05, 4.69) is 15.6 Å². The van der Waals surface area contributed by atoms with E-state index in [1.807, 2.05) is 24.3 Å². The van der Waals surface area contributed by atoms with Gasteiger partial charge in [-0.25, -0.2) is 0 Å². The van der Waals surface area contributed by atoms with E-state index in [-0.39, 0.29) is 17.7 Å². The fraction of sp³-hybridized carbons (Fsp3) is 0.188. The molecule has 0 saturated heterocycles. The molecule has 2 amide bonds. The highest BCUT2D eigenvalue weighted by molar-refractivity contribution is 6.02. The summed E-state index contributed by atoms with van der Waals surface area (Å²) < 4.78 is 0. The molecule has 2 aromatic rings. The number of hydrogen-bond acceptors (Lipinski definition) is 3. The molecule has 0 saturated carbocycles. The maximum absolute atomic E-state index is 11.9. The Balaban J connectivity index is 1.59. The van der Waals surface area contributed by atoms with E-state index in [1.54, 1.807) is 18.3 Å². The van der Waals surface area contributed by atoms with Crippen LogP contribution in [0.25, 0.3) is 0 Å². The summed E-state index contributed by atoms with van der Waals surface area (Å²) in [5.74, 6) is -0.378. The van der Waals surface area contributed by atoms with Gasteiger partial charge in [-0.2, -0.15) is 0 Å². The highest BCUT2D eigenvalue weighted by Crippen LogP contribution is 2.33. The molecular formula is C16H15N3O2. The van der Waals surface area contributed by atoms with Gasteiger partial charge in [0.1, 0.15) is 0 Å². The summed E-state index contributed by atoms with van der Waals surface area (Å²) in [6, 6.07) is 11.1. The number of nitrogens with zero attached hydrogens (tertiary/aromatic N) is 1. The first-order valence-corrected chi connectivity index (χ1v) is 6.84. The third kappa shape index (κ3) is 2.76. The van der Waals surface area contributed by atoms with Crippen LogP contribution in [0.5, 0.6) is 0 Å². The number of carbonyl (C=O) groups excluding carboxylic acids is 2. The van der Waals surface area contributed by atoms with Crippen LogP contribution in [0.15, 0.2) is 48.8 Å².